The SMILES string of the molecule is Cc1ccc(C(=O)N2CCN(C(=O)c3cc(Cl)ccc3OC(C)C)CC2)s1. The highest BCUT2D eigenvalue weighted by Gasteiger charge is 2.27. The third-order valence-corrected chi connectivity index (χ3v) is 5.56. The first-order valence-electron chi connectivity index (χ1n) is 8.96. The monoisotopic (exact) mass is 406 g/mol. The molecule has 0 radical (unpaired) electrons. The van der Waals surface area contributed by atoms with Gasteiger partial charge in [-0.3, -0.25) is 9.59 Å². The molecule has 1 aliphatic rings. The van der Waals surface area contributed by atoms with Crippen molar-refractivity contribution in [2.45, 2.75) is 26.9 Å². The molecular weight excluding hydrogens is 384 g/mol. The maximum Gasteiger partial charge on any atom is 0.264 e. The fourth-order valence-corrected chi connectivity index (χ4v) is 4.02. The van der Waals surface area contributed by atoms with E-state index in [9.17, 15) is 9.59 Å². The second-order valence-electron chi connectivity index (χ2n) is 6.80. The van der Waals surface area contributed by atoms with Crippen LogP contribution < -0.4 is 4.74 Å². The van der Waals surface area contributed by atoms with Crippen LogP contribution in [0.3, 0.4) is 0 Å². The topological polar surface area (TPSA) is 49.9 Å². The molecule has 1 aromatic heterocycles. The van der Waals surface area contributed by atoms with E-state index in [1.165, 1.54) is 11.3 Å². The Bertz CT molecular complexity index is 842. The normalized spacial score (nSPS) is 14.6. The van der Waals surface area contributed by atoms with E-state index in [0.717, 1.165) is 9.75 Å². The number of aryl methyl sites for hydroxylation is 1. The fourth-order valence-electron chi connectivity index (χ4n) is 3.01. The van der Waals surface area contributed by atoms with Gasteiger partial charge >= 0.3 is 0 Å². The Kier molecular flexibility index (Phi) is 6.07. The lowest BCUT2D eigenvalue weighted by atomic mass is 10.1. The molecule has 0 saturated carbocycles. The largest absolute Gasteiger partial charge is 0.490 e. The van der Waals surface area contributed by atoms with Crippen molar-refractivity contribution >= 4 is 34.8 Å². The van der Waals surface area contributed by atoms with Crippen LogP contribution in [-0.2, 0) is 0 Å². The van der Waals surface area contributed by atoms with Crippen molar-refractivity contribution in [2.24, 2.45) is 0 Å². The van der Waals surface area contributed by atoms with Gasteiger partial charge in [-0.15, -0.1) is 11.3 Å². The molecule has 7 heteroatoms. The van der Waals surface area contributed by atoms with Crippen molar-refractivity contribution in [2.75, 3.05) is 26.2 Å². The minimum atomic E-state index is -0.118. The Morgan fingerprint density at radius 2 is 1.67 bits per heavy atom. The number of benzene rings is 1. The van der Waals surface area contributed by atoms with Gasteiger partial charge in [0, 0.05) is 36.1 Å². The Labute approximate surface area is 168 Å². The van der Waals surface area contributed by atoms with E-state index in [1.807, 2.05) is 32.9 Å². The standard InChI is InChI=1S/C20H23ClN2O3S/c1-13(2)26-17-6-5-15(21)12-16(17)19(24)22-8-10-23(11-9-22)20(25)18-7-4-14(3)27-18/h4-7,12-13H,8-11H2,1-3H3. The van der Waals surface area contributed by atoms with Crippen molar-refractivity contribution in [1.29, 1.82) is 0 Å². The van der Waals surface area contributed by atoms with E-state index in [1.54, 1.807) is 28.0 Å². The maximum absolute atomic E-state index is 13.0. The number of ether oxygens (including phenoxy) is 1. The third-order valence-electron chi connectivity index (χ3n) is 4.34. The molecule has 27 heavy (non-hydrogen) atoms. The molecule has 0 spiro atoms. The molecule has 2 amide bonds. The maximum atomic E-state index is 13.0. The zero-order chi connectivity index (χ0) is 19.6. The molecule has 1 fully saturated rings. The molecule has 0 unspecified atom stereocenters. The molecule has 1 saturated heterocycles. The first kappa shape index (κ1) is 19.7. The van der Waals surface area contributed by atoms with Gasteiger partial charge in [-0.1, -0.05) is 11.6 Å². The van der Waals surface area contributed by atoms with E-state index < -0.39 is 0 Å². The minimum absolute atomic E-state index is 0.0341. The van der Waals surface area contributed by atoms with Crippen LogP contribution in [0.4, 0.5) is 0 Å². The number of hydrogen-bond acceptors (Lipinski definition) is 4. The van der Waals surface area contributed by atoms with Gasteiger partial charge in [0.1, 0.15) is 5.75 Å². The predicted molar refractivity (Wildman–Crippen MR) is 108 cm³/mol. The van der Waals surface area contributed by atoms with Gasteiger partial charge in [-0.25, -0.2) is 0 Å². The molecule has 3 rings (SSSR count). The second kappa shape index (κ2) is 8.31. The molecule has 0 bridgehead atoms. The Balaban J connectivity index is 1.68. The van der Waals surface area contributed by atoms with Crippen LogP contribution in [0, 0.1) is 6.92 Å². The lowest BCUT2D eigenvalue weighted by Crippen LogP contribution is -2.50. The summed E-state index contributed by atoms with van der Waals surface area (Å²) in [5.74, 6) is 0.450. The average Bonchev–Trinajstić information content (AvgIpc) is 3.08. The number of carbonyl (C=O) groups is 2. The van der Waals surface area contributed by atoms with Gasteiger partial charge in [0.2, 0.25) is 0 Å². The first-order valence-corrected chi connectivity index (χ1v) is 10.2. The Morgan fingerprint density at radius 3 is 2.22 bits per heavy atom. The van der Waals surface area contributed by atoms with Crippen molar-refractivity contribution in [3.05, 3.63) is 50.7 Å². The molecular formula is C20H23ClN2O3S. The van der Waals surface area contributed by atoms with Crippen LogP contribution in [0.1, 0.15) is 38.8 Å². The van der Waals surface area contributed by atoms with Gasteiger partial charge < -0.3 is 14.5 Å². The van der Waals surface area contributed by atoms with Gasteiger partial charge in [-0.2, -0.15) is 0 Å². The Morgan fingerprint density at radius 1 is 1.04 bits per heavy atom. The van der Waals surface area contributed by atoms with Crippen molar-refractivity contribution < 1.29 is 14.3 Å². The number of piperazine rings is 1. The average molecular weight is 407 g/mol. The lowest BCUT2D eigenvalue weighted by Gasteiger charge is -2.35. The van der Waals surface area contributed by atoms with Crippen LogP contribution in [0.5, 0.6) is 5.75 Å². The number of hydrogen-bond donors (Lipinski definition) is 0. The number of amides is 2. The van der Waals surface area contributed by atoms with E-state index in [2.05, 4.69) is 0 Å². The van der Waals surface area contributed by atoms with E-state index in [4.69, 9.17) is 16.3 Å². The quantitative estimate of drug-likeness (QED) is 0.768. The summed E-state index contributed by atoms with van der Waals surface area (Å²) in [6.07, 6.45) is -0.0403. The number of nitrogens with zero attached hydrogens (tertiary/aromatic N) is 2. The van der Waals surface area contributed by atoms with E-state index in [-0.39, 0.29) is 17.9 Å². The number of carbonyl (C=O) groups excluding carboxylic acids is 2. The lowest BCUT2D eigenvalue weighted by molar-refractivity contribution is 0.0534. The van der Waals surface area contributed by atoms with Gasteiger partial charge in [0.25, 0.3) is 11.8 Å². The van der Waals surface area contributed by atoms with Crippen molar-refractivity contribution in [3.63, 3.8) is 0 Å². The number of thiophene rings is 1. The molecule has 5 nitrogen and oxygen atoms in total. The van der Waals surface area contributed by atoms with Crippen LogP contribution in [-0.4, -0.2) is 53.9 Å². The molecule has 2 heterocycles. The first-order chi connectivity index (χ1) is 12.8. The molecule has 144 valence electrons. The summed E-state index contributed by atoms with van der Waals surface area (Å²) in [7, 11) is 0. The van der Waals surface area contributed by atoms with Gasteiger partial charge in [0.15, 0.2) is 0 Å². The summed E-state index contributed by atoms with van der Waals surface area (Å²) in [6, 6.07) is 8.91. The summed E-state index contributed by atoms with van der Waals surface area (Å²) in [4.78, 5) is 31.0. The van der Waals surface area contributed by atoms with Crippen LogP contribution >= 0.6 is 22.9 Å². The predicted octanol–water partition coefficient (Wildman–Crippen LogP) is 4.10. The smallest absolute Gasteiger partial charge is 0.264 e. The highest BCUT2D eigenvalue weighted by molar-refractivity contribution is 7.13. The number of rotatable bonds is 4. The van der Waals surface area contributed by atoms with Crippen molar-refractivity contribution in [3.8, 4) is 5.75 Å². The summed E-state index contributed by atoms with van der Waals surface area (Å²) >= 11 is 7.59. The highest BCUT2D eigenvalue weighted by Crippen LogP contribution is 2.26. The molecule has 0 atom stereocenters. The zero-order valence-corrected chi connectivity index (χ0v) is 17.3. The van der Waals surface area contributed by atoms with Crippen LogP contribution in [0.2, 0.25) is 5.02 Å². The summed E-state index contributed by atoms with van der Waals surface area (Å²) in [6.45, 7) is 7.83. The van der Waals surface area contributed by atoms with Gasteiger partial charge in [0.05, 0.1) is 16.5 Å². The fraction of sp³-hybridized carbons (Fsp3) is 0.400. The minimum Gasteiger partial charge on any atom is -0.490 e. The zero-order valence-electron chi connectivity index (χ0n) is 15.7. The Hall–Kier alpha value is -2.05. The molecule has 2 aromatic rings. The summed E-state index contributed by atoms with van der Waals surface area (Å²) < 4.78 is 5.76. The van der Waals surface area contributed by atoms with E-state index >= 15 is 0 Å². The molecule has 1 aromatic carbocycles. The van der Waals surface area contributed by atoms with Crippen molar-refractivity contribution in [1.82, 2.24) is 9.80 Å². The summed E-state index contributed by atoms with van der Waals surface area (Å²) in [5.41, 5.74) is 0.463. The second-order valence-corrected chi connectivity index (χ2v) is 8.53. The third kappa shape index (κ3) is 4.62. The van der Waals surface area contributed by atoms with Crippen LogP contribution in [0.15, 0.2) is 30.3 Å². The highest BCUT2D eigenvalue weighted by atomic mass is 35.5. The number of halogens is 1. The molecule has 0 N–H and O–H groups in total. The van der Waals surface area contributed by atoms with Gasteiger partial charge in [-0.05, 0) is 51.1 Å². The molecule has 0 aliphatic carbocycles. The van der Waals surface area contributed by atoms with Crippen LogP contribution in [0.25, 0.3) is 0 Å². The molecule has 1 aliphatic heterocycles. The van der Waals surface area contributed by atoms with E-state index in [0.29, 0.717) is 42.5 Å². The summed E-state index contributed by atoms with van der Waals surface area (Å²) in [5, 5.41) is 0.497.